The molecule has 7 rings (SSSR count). The molecule has 2 aliphatic heterocycles. The summed E-state index contributed by atoms with van der Waals surface area (Å²) in [5.74, 6) is -1.28. The molecule has 12 nitrogen and oxygen atoms in total. The van der Waals surface area contributed by atoms with Gasteiger partial charge in [0.1, 0.15) is 23.4 Å². The Labute approximate surface area is 372 Å². The van der Waals surface area contributed by atoms with Crippen molar-refractivity contribution in [3.8, 4) is 11.5 Å². The smallest absolute Gasteiger partial charge is 0.412 e. The molecule has 5 aliphatic rings. The highest BCUT2D eigenvalue weighted by molar-refractivity contribution is 6.03. The molecule has 0 spiro atoms. The predicted molar refractivity (Wildman–Crippen MR) is 237 cm³/mol. The number of amides is 2. The van der Waals surface area contributed by atoms with Crippen molar-refractivity contribution >= 4 is 17.7 Å². The van der Waals surface area contributed by atoms with Gasteiger partial charge in [-0.2, -0.15) is 0 Å². The zero-order valence-corrected chi connectivity index (χ0v) is 37.0. The highest BCUT2D eigenvalue weighted by Crippen LogP contribution is 2.62. The number of unbranched alkanes of at least 4 members (excludes halogenated alkanes) is 2. The highest BCUT2D eigenvalue weighted by Gasteiger charge is 2.65. The van der Waals surface area contributed by atoms with Crippen molar-refractivity contribution < 1.29 is 48.0 Å². The van der Waals surface area contributed by atoms with E-state index in [0.29, 0.717) is 62.0 Å². The van der Waals surface area contributed by atoms with E-state index in [2.05, 4.69) is 18.0 Å². The first-order chi connectivity index (χ1) is 30.8. The second kappa shape index (κ2) is 22.5. The van der Waals surface area contributed by atoms with Crippen LogP contribution in [0.15, 0.2) is 71.9 Å². The van der Waals surface area contributed by atoms with E-state index in [1.54, 1.807) is 24.3 Å². The fraction of sp³-hybridized carbons (Fsp3) is 0.620. The number of benzene rings is 2. The third-order valence-electron chi connectivity index (χ3n) is 13.8. The molecule has 2 saturated carbocycles. The molecule has 344 valence electrons. The standard InChI is InChI=1S/C50H68FN3O9/c1-3-28-60-50-44(54(33-35-18-21-37(51)22-19-35)45(57)25-20-34-13-5-6-14-34)32-42(53-63-46-17-9-12-29-59-46)40-30-36(15-7-10-26-55)39(16-8-11-27-56)47(48(40)50)41-31-38(23-24-43(41)62-50)61-49(58)52-4-2/h3,18-19,21-24,30-31,34,36,39,44,46-48,55-56H,1,4-17,20,25-29,32-33H2,2H3,(H,52,58)/t36-,39+,44-,46?,47+,48+,50+/m0/s1. The average molecular weight is 874 g/mol. The number of oxime groups is 1. The number of carbonyl (C=O) groups excluding carboxylic acids is 2. The minimum atomic E-state index is -1.46. The van der Waals surface area contributed by atoms with Crippen LogP contribution in [0.25, 0.3) is 0 Å². The molecule has 2 heterocycles. The summed E-state index contributed by atoms with van der Waals surface area (Å²) in [7, 11) is 0. The van der Waals surface area contributed by atoms with Crippen molar-refractivity contribution in [3.05, 3.63) is 83.7 Å². The van der Waals surface area contributed by atoms with E-state index >= 15 is 4.79 Å². The number of ether oxygens (including phenoxy) is 4. The molecule has 2 amide bonds. The predicted octanol–water partition coefficient (Wildman–Crippen LogP) is 9.09. The van der Waals surface area contributed by atoms with E-state index in [4.69, 9.17) is 28.9 Å². The second-order valence-electron chi connectivity index (χ2n) is 17.9. The topological polar surface area (TPSA) is 148 Å². The van der Waals surface area contributed by atoms with Gasteiger partial charge in [0.25, 0.3) is 0 Å². The van der Waals surface area contributed by atoms with Crippen LogP contribution in [0.5, 0.6) is 11.5 Å². The highest BCUT2D eigenvalue weighted by atomic mass is 19.1. The molecule has 0 bridgehead atoms. The zero-order valence-electron chi connectivity index (χ0n) is 37.0. The van der Waals surface area contributed by atoms with Crippen LogP contribution >= 0.6 is 0 Å². The number of hydrogen-bond acceptors (Lipinski definition) is 10. The molecular weight excluding hydrogens is 806 g/mol. The third kappa shape index (κ3) is 11.2. The van der Waals surface area contributed by atoms with E-state index in [1.807, 2.05) is 24.0 Å². The Balaban J connectivity index is 1.43. The lowest BCUT2D eigenvalue weighted by Crippen LogP contribution is -2.70. The van der Waals surface area contributed by atoms with Gasteiger partial charge in [0.2, 0.25) is 18.0 Å². The summed E-state index contributed by atoms with van der Waals surface area (Å²) in [6.07, 6.45) is 15.8. The minimum Gasteiger partial charge on any atom is -0.459 e. The summed E-state index contributed by atoms with van der Waals surface area (Å²) < 4.78 is 40.8. The van der Waals surface area contributed by atoms with Crippen molar-refractivity contribution in [2.24, 2.45) is 28.8 Å². The van der Waals surface area contributed by atoms with E-state index in [1.165, 1.54) is 25.0 Å². The number of aliphatic hydroxyl groups excluding tert-OH is 2. The normalized spacial score (nSPS) is 27.1. The maximum atomic E-state index is 15.1. The number of nitrogens with zero attached hydrogens (tertiary/aromatic N) is 2. The number of carbonyl (C=O) groups is 2. The number of rotatable bonds is 21. The molecule has 3 fully saturated rings. The SMILES string of the molecule is C=CCO[C@@]12Oc3ccc(OC(=O)NCC)cc3[C@H]3[C@H](CCCCO)[C@@H](CCCCO)C=C(C(=NOC4CCCCO4)C[C@@H]1N(Cc1ccc(F)cc1)C(=O)CCC1CCCC1)[C@H]32. The lowest BCUT2D eigenvalue weighted by atomic mass is 9.55. The molecule has 3 N–H and O–H groups in total. The summed E-state index contributed by atoms with van der Waals surface area (Å²) in [6, 6.07) is 11.0. The van der Waals surface area contributed by atoms with Crippen molar-refractivity contribution in [1.82, 2.24) is 10.2 Å². The van der Waals surface area contributed by atoms with Gasteiger partial charge in [-0.1, -0.05) is 68.0 Å². The van der Waals surface area contributed by atoms with E-state index < -0.39 is 30.1 Å². The van der Waals surface area contributed by atoms with Crippen molar-refractivity contribution in [2.75, 3.05) is 33.0 Å². The van der Waals surface area contributed by atoms with Gasteiger partial charge in [-0.05, 0) is 111 Å². The van der Waals surface area contributed by atoms with Gasteiger partial charge in [0, 0.05) is 57.0 Å². The van der Waals surface area contributed by atoms with Crippen LogP contribution in [0.4, 0.5) is 9.18 Å². The van der Waals surface area contributed by atoms with Crippen LogP contribution in [0.3, 0.4) is 0 Å². The van der Waals surface area contributed by atoms with Gasteiger partial charge in [0.15, 0.2) is 0 Å². The molecule has 13 heteroatoms. The summed E-state index contributed by atoms with van der Waals surface area (Å²) in [5, 5.41) is 27.6. The summed E-state index contributed by atoms with van der Waals surface area (Å²) in [5.41, 5.74) is 3.20. The Morgan fingerprint density at radius 1 is 1.00 bits per heavy atom. The Bertz CT molecular complexity index is 1900. The van der Waals surface area contributed by atoms with Crippen LogP contribution < -0.4 is 14.8 Å². The molecule has 0 aromatic heterocycles. The van der Waals surface area contributed by atoms with Gasteiger partial charge >= 0.3 is 6.09 Å². The molecule has 2 aromatic rings. The molecule has 7 atom stereocenters. The maximum absolute atomic E-state index is 15.1. The second-order valence-corrected chi connectivity index (χ2v) is 17.9. The monoisotopic (exact) mass is 873 g/mol. The largest absolute Gasteiger partial charge is 0.459 e. The third-order valence-corrected chi connectivity index (χ3v) is 13.8. The van der Waals surface area contributed by atoms with E-state index in [9.17, 15) is 19.4 Å². The number of nitrogens with one attached hydrogen (secondary N) is 1. The Hall–Kier alpha value is -4.30. The molecule has 3 aliphatic carbocycles. The number of allylic oxidation sites excluding steroid dienone is 1. The van der Waals surface area contributed by atoms with Gasteiger partial charge < -0.3 is 44.2 Å². The van der Waals surface area contributed by atoms with Crippen molar-refractivity contribution in [2.45, 2.75) is 140 Å². The summed E-state index contributed by atoms with van der Waals surface area (Å²) >= 11 is 0. The molecule has 63 heavy (non-hydrogen) atoms. The maximum Gasteiger partial charge on any atom is 0.412 e. The number of fused-ring (bicyclic) bond motifs is 2. The minimum absolute atomic E-state index is 0.00993. The van der Waals surface area contributed by atoms with E-state index in [-0.39, 0.29) is 62.3 Å². The van der Waals surface area contributed by atoms with E-state index in [0.717, 1.165) is 74.5 Å². The first-order valence-electron chi connectivity index (χ1n) is 23.6. The average Bonchev–Trinajstić information content (AvgIpc) is 3.82. The molecule has 2 aromatic carbocycles. The van der Waals surface area contributed by atoms with Crippen LogP contribution in [0, 0.1) is 29.5 Å². The number of aliphatic hydroxyl groups is 2. The van der Waals surface area contributed by atoms with Crippen molar-refractivity contribution in [1.29, 1.82) is 0 Å². The van der Waals surface area contributed by atoms with Gasteiger partial charge in [-0.3, -0.25) is 4.79 Å². The zero-order chi connectivity index (χ0) is 44.2. The lowest BCUT2D eigenvalue weighted by Gasteiger charge is -2.60. The fourth-order valence-electron chi connectivity index (χ4n) is 10.8. The van der Waals surface area contributed by atoms with Crippen molar-refractivity contribution in [3.63, 3.8) is 0 Å². The summed E-state index contributed by atoms with van der Waals surface area (Å²) in [4.78, 5) is 36.1. The number of hydrogen-bond donors (Lipinski definition) is 3. The number of halogens is 1. The van der Waals surface area contributed by atoms with Crippen LogP contribution in [0.2, 0.25) is 0 Å². The Morgan fingerprint density at radius 2 is 1.76 bits per heavy atom. The lowest BCUT2D eigenvalue weighted by molar-refractivity contribution is -0.258. The fourth-order valence-corrected chi connectivity index (χ4v) is 10.8. The molecular formula is C50H68FN3O9. The molecule has 1 unspecified atom stereocenters. The van der Waals surface area contributed by atoms with Gasteiger partial charge in [0.05, 0.1) is 24.8 Å². The summed E-state index contributed by atoms with van der Waals surface area (Å²) in [6.45, 7) is 7.32. The quantitative estimate of drug-likeness (QED) is 0.0635. The van der Waals surface area contributed by atoms with Gasteiger partial charge in [-0.25, -0.2) is 9.18 Å². The Morgan fingerprint density at radius 3 is 2.48 bits per heavy atom. The first-order valence-corrected chi connectivity index (χ1v) is 23.6. The van der Waals surface area contributed by atoms with Gasteiger partial charge in [-0.15, -0.1) is 6.58 Å². The Kier molecular flexibility index (Phi) is 16.7. The first kappa shape index (κ1) is 46.7. The van der Waals surface area contributed by atoms with Crippen LogP contribution in [-0.2, 0) is 25.7 Å². The van der Waals surface area contributed by atoms with Crippen LogP contribution in [0.1, 0.15) is 127 Å². The van der Waals surface area contributed by atoms with Crippen LogP contribution in [-0.4, -0.2) is 83.9 Å². The molecule has 1 saturated heterocycles. The molecule has 0 radical (unpaired) electrons.